The predicted octanol–water partition coefficient (Wildman–Crippen LogP) is 1.89. The molecular formula is C23H28N4O2. The van der Waals surface area contributed by atoms with Gasteiger partial charge in [0.25, 0.3) is 0 Å². The first-order valence-corrected chi connectivity index (χ1v) is 10.4. The fourth-order valence-electron chi connectivity index (χ4n) is 4.12. The minimum Gasteiger partial charge on any atom is -0.353 e. The Morgan fingerprint density at radius 1 is 1.24 bits per heavy atom. The number of aromatic nitrogens is 1. The summed E-state index contributed by atoms with van der Waals surface area (Å²) < 4.78 is 0. The number of benzene rings is 1. The van der Waals surface area contributed by atoms with Crippen molar-refractivity contribution in [3.63, 3.8) is 0 Å². The van der Waals surface area contributed by atoms with Crippen LogP contribution in [-0.4, -0.2) is 40.8 Å². The molecule has 1 aliphatic carbocycles. The summed E-state index contributed by atoms with van der Waals surface area (Å²) in [5.74, 6) is -0.181. The molecule has 29 heavy (non-hydrogen) atoms. The van der Waals surface area contributed by atoms with Crippen LogP contribution in [0.25, 0.3) is 0 Å². The second-order valence-electron chi connectivity index (χ2n) is 8.05. The van der Waals surface area contributed by atoms with Gasteiger partial charge in [-0.15, -0.1) is 0 Å². The number of pyridine rings is 1. The third-order valence-electron chi connectivity index (χ3n) is 5.79. The number of nitrogens with zero attached hydrogens (tertiary/aromatic N) is 2. The Balaban J connectivity index is 1.35. The quantitative estimate of drug-likeness (QED) is 0.787. The van der Waals surface area contributed by atoms with Crippen molar-refractivity contribution < 1.29 is 9.59 Å². The van der Waals surface area contributed by atoms with Gasteiger partial charge in [0.1, 0.15) is 0 Å². The van der Waals surface area contributed by atoms with Crippen molar-refractivity contribution in [1.29, 1.82) is 0 Å². The summed E-state index contributed by atoms with van der Waals surface area (Å²) in [4.78, 5) is 31.6. The number of hydrogen-bond donors (Lipinski definition) is 2. The Labute approximate surface area is 171 Å². The van der Waals surface area contributed by atoms with Gasteiger partial charge in [-0.05, 0) is 42.9 Å². The Hall–Kier alpha value is -2.73. The summed E-state index contributed by atoms with van der Waals surface area (Å²) in [5, 5.41) is 5.86. The van der Waals surface area contributed by atoms with E-state index in [0.29, 0.717) is 19.6 Å². The molecular weight excluding hydrogens is 364 g/mol. The number of fused-ring (bicyclic) bond motifs is 1. The number of amides is 2. The lowest BCUT2D eigenvalue weighted by Gasteiger charge is -2.34. The van der Waals surface area contributed by atoms with Crippen LogP contribution >= 0.6 is 0 Å². The molecule has 6 nitrogen and oxygen atoms in total. The third-order valence-corrected chi connectivity index (χ3v) is 5.79. The van der Waals surface area contributed by atoms with Crippen LogP contribution in [0.5, 0.6) is 0 Å². The van der Waals surface area contributed by atoms with Crippen LogP contribution in [0.3, 0.4) is 0 Å². The molecule has 1 aromatic carbocycles. The maximum Gasteiger partial charge on any atom is 0.237 e. The second-order valence-corrected chi connectivity index (χ2v) is 8.05. The van der Waals surface area contributed by atoms with E-state index in [1.54, 1.807) is 0 Å². The van der Waals surface area contributed by atoms with E-state index < -0.39 is 6.04 Å². The minimum absolute atomic E-state index is 0.0716. The van der Waals surface area contributed by atoms with Crippen LogP contribution in [0.15, 0.2) is 36.5 Å². The van der Waals surface area contributed by atoms with E-state index in [1.165, 1.54) is 16.8 Å². The van der Waals surface area contributed by atoms with Crippen molar-refractivity contribution in [1.82, 2.24) is 20.5 Å². The minimum atomic E-state index is -0.441. The molecule has 1 fully saturated rings. The summed E-state index contributed by atoms with van der Waals surface area (Å²) in [6, 6.07) is 10.0. The van der Waals surface area contributed by atoms with Crippen molar-refractivity contribution in [2.24, 2.45) is 0 Å². The van der Waals surface area contributed by atoms with Crippen LogP contribution in [0, 0.1) is 6.92 Å². The molecule has 2 aliphatic rings. The highest BCUT2D eigenvalue weighted by molar-refractivity contribution is 5.88. The molecule has 6 heteroatoms. The average Bonchev–Trinajstić information content (AvgIpc) is 3.18. The van der Waals surface area contributed by atoms with Crippen molar-refractivity contribution in [2.45, 2.75) is 51.7 Å². The fourth-order valence-corrected chi connectivity index (χ4v) is 4.12. The van der Waals surface area contributed by atoms with Crippen molar-refractivity contribution in [3.8, 4) is 0 Å². The summed E-state index contributed by atoms with van der Waals surface area (Å²) >= 11 is 0. The molecule has 1 atom stereocenters. The predicted molar refractivity (Wildman–Crippen MR) is 111 cm³/mol. The van der Waals surface area contributed by atoms with Crippen LogP contribution in [-0.2, 0) is 35.5 Å². The maximum absolute atomic E-state index is 12.6. The number of aryl methyl sites for hydroxylation is 3. The fraction of sp³-hybridized carbons (Fsp3) is 0.435. The van der Waals surface area contributed by atoms with Gasteiger partial charge in [0.2, 0.25) is 11.8 Å². The van der Waals surface area contributed by atoms with Gasteiger partial charge in [0.05, 0.1) is 12.5 Å². The molecule has 2 N–H and O–H groups in total. The number of rotatable bonds is 6. The Morgan fingerprint density at radius 3 is 2.90 bits per heavy atom. The van der Waals surface area contributed by atoms with Gasteiger partial charge in [0, 0.05) is 38.1 Å². The third kappa shape index (κ3) is 4.82. The van der Waals surface area contributed by atoms with Gasteiger partial charge >= 0.3 is 0 Å². The second kappa shape index (κ2) is 8.74. The van der Waals surface area contributed by atoms with Crippen LogP contribution in [0.1, 0.15) is 40.8 Å². The van der Waals surface area contributed by atoms with E-state index in [2.05, 4.69) is 57.8 Å². The lowest BCUT2D eigenvalue weighted by Crippen LogP contribution is -2.56. The highest BCUT2D eigenvalue weighted by Crippen LogP contribution is 2.20. The zero-order chi connectivity index (χ0) is 20.2. The van der Waals surface area contributed by atoms with Gasteiger partial charge in [-0.3, -0.25) is 19.5 Å². The first kappa shape index (κ1) is 19.6. The van der Waals surface area contributed by atoms with Gasteiger partial charge in [-0.2, -0.15) is 0 Å². The lowest BCUT2D eigenvalue weighted by atomic mass is 10.1. The highest BCUT2D eigenvalue weighted by Gasteiger charge is 2.31. The van der Waals surface area contributed by atoms with E-state index in [-0.39, 0.29) is 18.2 Å². The van der Waals surface area contributed by atoms with Gasteiger partial charge < -0.3 is 10.6 Å². The lowest BCUT2D eigenvalue weighted by molar-refractivity contribution is -0.134. The number of hydrogen-bond acceptors (Lipinski definition) is 4. The molecule has 0 saturated carbocycles. The van der Waals surface area contributed by atoms with Gasteiger partial charge in [-0.25, -0.2) is 0 Å². The van der Waals surface area contributed by atoms with Crippen LogP contribution < -0.4 is 10.6 Å². The largest absolute Gasteiger partial charge is 0.353 e. The molecule has 2 aromatic rings. The molecule has 4 rings (SSSR count). The SMILES string of the molecule is Cc1ccc(CN2CCNC(=O)[C@@H]2CC(=O)NCc2cnc3c(c2)CCC3)cc1. The van der Waals surface area contributed by atoms with Crippen molar-refractivity contribution >= 4 is 11.8 Å². The molecule has 1 aliphatic heterocycles. The standard InChI is InChI=1S/C23H28N4O2/c1-16-5-7-17(8-6-16)15-27-10-9-24-23(29)21(27)12-22(28)26-14-18-11-19-3-2-4-20(19)25-13-18/h5-8,11,13,21H,2-4,9-10,12,14-15H2,1H3,(H,24,29)(H,26,28)/t21-/m0/s1. The van der Waals surface area contributed by atoms with Crippen LogP contribution in [0.2, 0.25) is 0 Å². The summed E-state index contributed by atoms with van der Waals surface area (Å²) in [6.45, 7) is 4.53. The summed E-state index contributed by atoms with van der Waals surface area (Å²) in [7, 11) is 0. The zero-order valence-corrected chi connectivity index (χ0v) is 16.9. The molecule has 2 heterocycles. The number of nitrogens with one attached hydrogen (secondary N) is 2. The van der Waals surface area contributed by atoms with E-state index >= 15 is 0 Å². The van der Waals surface area contributed by atoms with Crippen molar-refractivity contribution in [2.75, 3.05) is 13.1 Å². The van der Waals surface area contributed by atoms with E-state index in [0.717, 1.165) is 36.9 Å². The normalized spacial score (nSPS) is 18.9. The van der Waals surface area contributed by atoms with Gasteiger partial charge in [-0.1, -0.05) is 35.9 Å². The first-order valence-electron chi connectivity index (χ1n) is 10.4. The average molecular weight is 393 g/mol. The van der Waals surface area contributed by atoms with Crippen LogP contribution in [0.4, 0.5) is 0 Å². The molecule has 0 spiro atoms. The molecule has 1 saturated heterocycles. The molecule has 152 valence electrons. The zero-order valence-electron chi connectivity index (χ0n) is 16.9. The maximum atomic E-state index is 12.6. The number of piperazine rings is 1. The molecule has 0 bridgehead atoms. The Kier molecular flexibility index (Phi) is 5.90. The summed E-state index contributed by atoms with van der Waals surface area (Å²) in [6.07, 6.45) is 5.29. The smallest absolute Gasteiger partial charge is 0.237 e. The Morgan fingerprint density at radius 2 is 2.07 bits per heavy atom. The van der Waals surface area contributed by atoms with E-state index in [4.69, 9.17) is 0 Å². The molecule has 0 radical (unpaired) electrons. The number of carbonyl (C=O) groups is 2. The number of carbonyl (C=O) groups excluding carboxylic acids is 2. The Bertz CT molecular complexity index is 894. The summed E-state index contributed by atoms with van der Waals surface area (Å²) in [5.41, 5.74) is 5.86. The monoisotopic (exact) mass is 392 g/mol. The topological polar surface area (TPSA) is 74.3 Å². The molecule has 1 aromatic heterocycles. The highest BCUT2D eigenvalue weighted by atomic mass is 16.2. The first-order chi connectivity index (χ1) is 14.1. The van der Waals surface area contributed by atoms with Gasteiger partial charge in [0.15, 0.2) is 0 Å². The van der Waals surface area contributed by atoms with Crippen molar-refractivity contribution in [3.05, 3.63) is 64.5 Å². The van der Waals surface area contributed by atoms with E-state index in [9.17, 15) is 9.59 Å². The molecule has 2 amide bonds. The molecule has 0 unspecified atom stereocenters. The van der Waals surface area contributed by atoms with E-state index in [1.807, 2.05) is 6.20 Å².